The van der Waals surface area contributed by atoms with Gasteiger partial charge in [-0.25, -0.2) is 0 Å². The summed E-state index contributed by atoms with van der Waals surface area (Å²) in [4.78, 5) is 10.0. The highest BCUT2D eigenvalue weighted by atomic mass is 19.1. The first kappa shape index (κ1) is 11.8. The van der Waals surface area contributed by atoms with Crippen molar-refractivity contribution in [2.45, 2.75) is 18.9 Å². The van der Waals surface area contributed by atoms with Crippen LogP contribution in [0.2, 0.25) is 0 Å². The molecule has 0 atom stereocenters. The summed E-state index contributed by atoms with van der Waals surface area (Å²) >= 11 is 0. The number of nitro benzene ring substituents is 1. The van der Waals surface area contributed by atoms with Crippen molar-refractivity contribution in [1.29, 1.82) is 0 Å². The molecule has 17 heavy (non-hydrogen) atoms. The monoisotopic (exact) mass is 240 g/mol. The van der Waals surface area contributed by atoms with E-state index in [1.807, 2.05) is 0 Å². The third-order valence-corrected chi connectivity index (χ3v) is 2.71. The molecule has 1 aromatic rings. The summed E-state index contributed by atoms with van der Waals surface area (Å²) in [6.45, 7) is 1.63. The van der Waals surface area contributed by atoms with Gasteiger partial charge in [0.25, 0.3) is 0 Å². The molecule has 0 amide bonds. The van der Waals surface area contributed by atoms with Gasteiger partial charge >= 0.3 is 5.69 Å². The number of para-hydroxylation sites is 1. The summed E-state index contributed by atoms with van der Waals surface area (Å²) in [5.74, 6) is -0.844. The first-order valence-electron chi connectivity index (χ1n) is 5.49. The number of hydrogen-bond acceptors (Lipinski definition) is 4. The third-order valence-electron chi connectivity index (χ3n) is 2.71. The fourth-order valence-corrected chi connectivity index (χ4v) is 1.86. The minimum Gasteiger partial charge on any atom is -0.483 e. The summed E-state index contributed by atoms with van der Waals surface area (Å²) in [6.07, 6.45) is 1.46. The lowest BCUT2D eigenvalue weighted by molar-refractivity contribution is -0.388. The molecular weight excluding hydrogens is 227 g/mol. The molecule has 1 fully saturated rings. The van der Waals surface area contributed by atoms with Gasteiger partial charge in [0.2, 0.25) is 11.6 Å². The van der Waals surface area contributed by atoms with Crippen molar-refractivity contribution < 1.29 is 14.1 Å². The van der Waals surface area contributed by atoms with Gasteiger partial charge in [-0.05, 0) is 38.1 Å². The zero-order valence-electron chi connectivity index (χ0n) is 9.19. The van der Waals surface area contributed by atoms with Crippen LogP contribution < -0.4 is 10.1 Å². The van der Waals surface area contributed by atoms with Crippen molar-refractivity contribution >= 4 is 5.69 Å². The summed E-state index contributed by atoms with van der Waals surface area (Å²) in [6, 6.07) is 3.91. The van der Waals surface area contributed by atoms with Gasteiger partial charge in [0.15, 0.2) is 0 Å². The molecular formula is C11H13FN2O3. The van der Waals surface area contributed by atoms with Crippen LogP contribution in [0.3, 0.4) is 0 Å². The van der Waals surface area contributed by atoms with Crippen molar-refractivity contribution in [3.63, 3.8) is 0 Å². The highest BCUT2D eigenvalue weighted by Crippen LogP contribution is 2.31. The third kappa shape index (κ3) is 2.71. The van der Waals surface area contributed by atoms with E-state index in [-0.39, 0.29) is 11.9 Å². The average Bonchev–Trinajstić information content (AvgIpc) is 2.30. The fourth-order valence-electron chi connectivity index (χ4n) is 1.86. The van der Waals surface area contributed by atoms with Crippen molar-refractivity contribution in [3.8, 4) is 5.75 Å². The standard InChI is InChI=1S/C11H13FN2O3/c12-9-2-1-3-10(11(9)14(15)16)17-8-4-6-13-7-5-8/h1-3,8,13H,4-7H2. The lowest BCUT2D eigenvalue weighted by atomic mass is 10.1. The molecule has 0 spiro atoms. The topological polar surface area (TPSA) is 64.4 Å². The van der Waals surface area contributed by atoms with Crippen LogP contribution in [0.5, 0.6) is 5.75 Å². The van der Waals surface area contributed by atoms with Crippen molar-refractivity contribution in [3.05, 3.63) is 34.1 Å². The van der Waals surface area contributed by atoms with E-state index >= 15 is 0 Å². The van der Waals surface area contributed by atoms with Gasteiger partial charge in [-0.2, -0.15) is 4.39 Å². The maximum Gasteiger partial charge on any atom is 0.346 e. The molecule has 0 aromatic heterocycles. The average molecular weight is 240 g/mol. The Morgan fingerprint density at radius 2 is 2.12 bits per heavy atom. The normalized spacial score (nSPS) is 16.8. The second-order valence-corrected chi connectivity index (χ2v) is 3.91. The van der Waals surface area contributed by atoms with Crippen LogP contribution in [0.15, 0.2) is 18.2 Å². The first-order valence-corrected chi connectivity index (χ1v) is 5.49. The quantitative estimate of drug-likeness (QED) is 0.647. The number of nitro groups is 1. The molecule has 0 saturated carbocycles. The van der Waals surface area contributed by atoms with Crippen LogP contribution in [0.1, 0.15) is 12.8 Å². The van der Waals surface area contributed by atoms with E-state index in [4.69, 9.17) is 4.74 Å². The Hall–Kier alpha value is -1.69. The van der Waals surface area contributed by atoms with E-state index in [0.717, 1.165) is 32.0 Å². The van der Waals surface area contributed by atoms with Crippen LogP contribution >= 0.6 is 0 Å². The molecule has 1 heterocycles. The molecule has 0 unspecified atom stereocenters. The lowest BCUT2D eigenvalue weighted by Crippen LogP contribution is -2.34. The minimum absolute atomic E-state index is 0.0156. The predicted molar refractivity (Wildman–Crippen MR) is 59.6 cm³/mol. The summed E-state index contributed by atoms with van der Waals surface area (Å²) in [7, 11) is 0. The smallest absolute Gasteiger partial charge is 0.346 e. The second kappa shape index (κ2) is 5.09. The molecule has 1 aliphatic rings. The number of nitrogens with zero attached hydrogens (tertiary/aromatic N) is 1. The van der Waals surface area contributed by atoms with E-state index < -0.39 is 16.4 Å². The molecule has 1 N–H and O–H groups in total. The molecule has 0 radical (unpaired) electrons. The highest BCUT2D eigenvalue weighted by molar-refractivity contribution is 5.47. The molecule has 5 nitrogen and oxygen atoms in total. The highest BCUT2D eigenvalue weighted by Gasteiger charge is 2.24. The van der Waals surface area contributed by atoms with E-state index in [2.05, 4.69) is 5.32 Å². The fraction of sp³-hybridized carbons (Fsp3) is 0.455. The van der Waals surface area contributed by atoms with E-state index in [0.29, 0.717) is 0 Å². The van der Waals surface area contributed by atoms with Crippen molar-refractivity contribution in [2.75, 3.05) is 13.1 Å². The SMILES string of the molecule is O=[N+]([O-])c1c(F)cccc1OC1CCNCC1. The van der Waals surface area contributed by atoms with Crippen molar-refractivity contribution in [2.24, 2.45) is 0 Å². The second-order valence-electron chi connectivity index (χ2n) is 3.91. The Balaban J connectivity index is 2.19. The van der Waals surface area contributed by atoms with Gasteiger partial charge in [-0.3, -0.25) is 10.1 Å². The Labute approximate surface area is 97.7 Å². The number of rotatable bonds is 3. The van der Waals surface area contributed by atoms with Gasteiger partial charge in [-0.15, -0.1) is 0 Å². The molecule has 2 rings (SSSR count). The molecule has 1 aromatic carbocycles. The van der Waals surface area contributed by atoms with Gasteiger partial charge in [0.1, 0.15) is 6.10 Å². The number of halogens is 1. The lowest BCUT2D eigenvalue weighted by Gasteiger charge is -2.23. The van der Waals surface area contributed by atoms with Crippen LogP contribution in [0, 0.1) is 15.9 Å². The van der Waals surface area contributed by atoms with Crippen LogP contribution in [0.25, 0.3) is 0 Å². The predicted octanol–water partition coefficient (Wildman–Crippen LogP) is 1.86. The van der Waals surface area contributed by atoms with E-state index in [1.54, 1.807) is 0 Å². The summed E-state index contributed by atoms with van der Waals surface area (Å²) < 4.78 is 18.8. The summed E-state index contributed by atoms with van der Waals surface area (Å²) in [5, 5.41) is 13.9. The van der Waals surface area contributed by atoms with Crippen LogP contribution in [-0.4, -0.2) is 24.1 Å². The maximum absolute atomic E-state index is 13.3. The largest absolute Gasteiger partial charge is 0.483 e. The van der Waals surface area contributed by atoms with Crippen LogP contribution in [-0.2, 0) is 0 Å². The van der Waals surface area contributed by atoms with Crippen LogP contribution in [0.4, 0.5) is 10.1 Å². The molecule has 92 valence electrons. The molecule has 1 aliphatic heterocycles. The Bertz CT molecular complexity index is 419. The number of ether oxygens (including phenoxy) is 1. The van der Waals surface area contributed by atoms with E-state index in [1.165, 1.54) is 12.1 Å². The summed E-state index contributed by atoms with van der Waals surface area (Å²) in [5.41, 5.74) is -0.578. The van der Waals surface area contributed by atoms with Gasteiger partial charge in [0, 0.05) is 0 Å². The van der Waals surface area contributed by atoms with Gasteiger partial charge in [0.05, 0.1) is 4.92 Å². The van der Waals surface area contributed by atoms with E-state index in [9.17, 15) is 14.5 Å². The number of nitrogens with one attached hydrogen (secondary N) is 1. The van der Waals surface area contributed by atoms with Gasteiger partial charge in [-0.1, -0.05) is 6.07 Å². The minimum atomic E-state index is -0.860. The Morgan fingerprint density at radius 1 is 1.41 bits per heavy atom. The number of hydrogen-bond donors (Lipinski definition) is 1. The number of benzene rings is 1. The molecule has 1 saturated heterocycles. The Kier molecular flexibility index (Phi) is 3.53. The van der Waals surface area contributed by atoms with Gasteiger partial charge < -0.3 is 10.1 Å². The number of piperidine rings is 1. The maximum atomic E-state index is 13.3. The molecule has 6 heteroatoms. The first-order chi connectivity index (χ1) is 8.18. The molecule has 0 bridgehead atoms. The van der Waals surface area contributed by atoms with Crippen molar-refractivity contribution in [1.82, 2.24) is 5.32 Å². The zero-order chi connectivity index (χ0) is 12.3. The Morgan fingerprint density at radius 3 is 2.76 bits per heavy atom. The zero-order valence-corrected chi connectivity index (χ0v) is 9.19. The molecule has 0 aliphatic carbocycles.